The Morgan fingerprint density at radius 2 is 2.07 bits per heavy atom. The summed E-state index contributed by atoms with van der Waals surface area (Å²) in [6.45, 7) is 4.07. The van der Waals surface area contributed by atoms with Crippen molar-refractivity contribution in [2.45, 2.75) is 26.7 Å². The van der Waals surface area contributed by atoms with Crippen molar-refractivity contribution in [1.29, 1.82) is 0 Å². The van der Waals surface area contributed by atoms with Crippen LogP contribution >= 0.6 is 15.9 Å². The molecule has 0 fully saturated rings. The van der Waals surface area contributed by atoms with E-state index in [4.69, 9.17) is 4.74 Å². The molecule has 1 aromatic heterocycles. The maximum atomic E-state index is 13.0. The van der Waals surface area contributed by atoms with Crippen molar-refractivity contribution in [2.75, 3.05) is 6.61 Å². The average molecular weight is 459 g/mol. The van der Waals surface area contributed by atoms with Gasteiger partial charge in [0.2, 0.25) is 0 Å². The molecule has 1 heterocycles. The molecule has 9 heteroatoms. The van der Waals surface area contributed by atoms with Gasteiger partial charge in [-0.2, -0.15) is 9.78 Å². The Morgan fingerprint density at radius 1 is 1.28 bits per heavy atom. The molecule has 2 aromatic carbocycles. The maximum absolute atomic E-state index is 13.0. The number of nitrogens with zero attached hydrogens (tertiary/aromatic N) is 4. The second-order valence-corrected chi connectivity index (χ2v) is 7.13. The smallest absolute Gasteiger partial charge is 0.311 e. The quantitative estimate of drug-likeness (QED) is 0.298. The molecule has 0 aliphatic rings. The first-order valence-electron chi connectivity index (χ1n) is 9.11. The van der Waals surface area contributed by atoms with Crippen LogP contribution in [0.25, 0.3) is 10.9 Å². The second kappa shape index (κ2) is 8.95. The number of halogens is 1. The Balaban J connectivity index is 2.09. The maximum Gasteiger partial charge on any atom is 0.311 e. The molecule has 0 atom stereocenters. The van der Waals surface area contributed by atoms with Crippen LogP contribution in [0.15, 0.2) is 50.8 Å². The van der Waals surface area contributed by atoms with Crippen molar-refractivity contribution in [2.24, 2.45) is 5.10 Å². The third-order valence-electron chi connectivity index (χ3n) is 4.15. The van der Waals surface area contributed by atoms with Gasteiger partial charge in [-0.15, -0.1) is 0 Å². The molecule has 0 aliphatic carbocycles. The van der Waals surface area contributed by atoms with Gasteiger partial charge in [-0.1, -0.05) is 22.9 Å². The number of fused-ring (bicyclic) bond motifs is 1. The van der Waals surface area contributed by atoms with E-state index in [9.17, 15) is 14.9 Å². The highest BCUT2D eigenvalue weighted by Gasteiger charge is 2.15. The lowest BCUT2D eigenvalue weighted by Crippen LogP contribution is -2.22. The summed E-state index contributed by atoms with van der Waals surface area (Å²) in [7, 11) is 0. The fourth-order valence-electron chi connectivity index (χ4n) is 2.86. The van der Waals surface area contributed by atoms with Crippen LogP contribution in [0.1, 0.15) is 31.7 Å². The molecule has 0 N–H and O–H groups in total. The predicted molar refractivity (Wildman–Crippen MR) is 115 cm³/mol. The summed E-state index contributed by atoms with van der Waals surface area (Å²) in [6, 6.07) is 9.85. The molecule has 29 heavy (non-hydrogen) atoms. The number of nitro groups is 1. The van der Waals surface area contributed by atoms with Crippen LogP contribution < -0.4 is 10.3 Å². The molecule has 0 saturated carbocycles. The van der Waals surface area contributed by atoms with Crippen LogP contribution in [0.3, 0.4) is 0 Å². The predicted octanol–water partition coefficient (Wildman–Crippen LogP) is 4.30. The minimum Gasteiger partial charge on any atom is -0.487 e. The van der Waals surface area contributed by atoms with Crippen molar-refractivity contribution in [3.63, 3.8) is 0 Å². The molecule has 0 amide bonds. The summed E-state index contributed by atoms with van der Waals surface area (Å²) in [5.74, 6) is 0.722. The van der Waals surface area contributed by atoms with Gasteiger partial charge in [0.25, 0.3) is 5.56 Å². The number of hydrogen-bond acceptors (Lipinski definition) is 6. The minimum atomic E-state index is -0.508. The zero-order valence-electron chi connectivity index (χ0n) is 16.0. The Bertz CT molecular complexity index is 1160. The van der Waals surface area contributed by atoms with Crippen molar-refractivity contribution in [3.05, 3.63) is 72.7 Å². The highest BCUT2D eigenvalue weighted by atomic mass is 79.9. The number of nitro benzene ring substituents is 1. The lowest BCUT2D eigenvalue weighted by molar-refractivity contribution is -0.385. The SMILES string of the molecule is CCCc1nc2ccc(Br)cc2c(=O)n1N=Cc1ccc(OCC)c([N+](=O)[O-])c1. The topological polar surface area (TPSA) is 99.6 Å². The van der Waals surface area contributed by atoms with Crippen LogP contribution in [-0.4, -0.2) is 27.4 Å². The molecular weight excluding hydrogens is 440 g/mol. The van der Waals surface area contributed by atoms with Gasteiger partial charge in [0.1, 0.15) is 5.82 Å². The zero-order chi connectivity index (χ0) is 21.0. The third-order valence-corrected chi connectivity index (χ3v) is 4.64. The van der Waals surface area contributed by atoms with Crippen molar-refractivity contribution in [3.8, 4) is 5.75 Å². The fraction of sp³-hybridized carbons (Fsp3) is 0.250. The molecule has 3 aromatic rings. The highest BCUT2D eigenvalue weighted by molar-refractivity contribution is 9.10. The summed E-state index contributed by atoms with van der Waals surface area (Å²) >= 11 is 3.37. The van der Waals surface area contributed by atoms with E-state index in [-0.39, 0.29) is 17.0 Å². The molecule has 0 bridgehead atoms. The summed E-state index contributed by atoms with van der Waals surface area (Å²) in [6.07, 6.45) is 2.77. The van der Waals surface area contributed by atoms with E-state index in [1.54, 1.807) is 25.1 Å². The molecular formula is C20H19BrN4O4. The van der Waals surface area contributed by atoms with Gasteiger partial charge in [-0.3, -0.25) is 14.9 Å². The lowest BCUT2D eigenvalue weighted by atomic mass is 10.2. The molecule has 0 aliphatic heterocycles. The van der Waals surface area contributed by atoms with Crippen LogP contribution in [0.2, 0.25) is 0 Å². The number of rotatable bonds is 7. The van der Waals surface area contributed by atoms with E-state index in [0.717, 1.165) is 10.9 Å². The largest absolute Gasteiger partial charge is 0.487 e. The molecule has 0 unspecified atom stereocenters. The number of benzene rings is 2. The van der Waals surface area contributed by atoms with Gasteiger partial charge >= 0.3 is 5.69 Å². The number of ether oxygens (including phenoxy) is 1. The first kappa shape index (κ1) is 20.7. The summed E-state index contributed by atoms with van der Waals surface area (Å²) in [4.78, 5) is 28.3. The van der Waals surface area contributed by atoms with Crippen LogP contribution in [-0.2, 0) is 6.42 Å². The first-order chi connectivity index (χ1) is 13.9. The average Bonchev–Trinajstić information content (AvgIpc) is 2.69. The summed E-state index contributed by atoms with van der Waals surface area (Å²) in [5.41, 5.74) is 0.627. The normalized spacial score (nSPS) is 11.3. The van der Waals surface area contributed by atoms with Gasteiger partial charge in [-0.05, 0) is 43.7 Å². The van der Waals surface area contributed by atoms with Crippen molar-refractivity contribution < 1.29 is 9.66 Å². The van der Waals surface area contributed by atoms with Gasteiger partial charge in [-0.25, -0.2) is 4.98 Å². The fourth-order valence-corrected chi connectivity index (χ4v) is 3.22. The van der Waals surface area contributed by atoms with Gasteiger partial charge in [0, 0.05) is 22.5 Å². The third kappa shape index (κ3) is 4.51. The second-order valence-electron chi connectivity index (χ2n) is 6.22. The monoisotopic (exact) mass is 458 g/mol. The zero-order valence-corrected chi connectivity index (χ0v) is 17.5. The van der Waals surface area contributed by atoms with E-state index in [1.165, 1.54) is 23.0 Å². The van der Waals surface area contributed by atoms with E-state index in [0.29, 0.717) is 35.3 Å². The molecule has 0 spiro atoms. The Kier molecular flexibility index (Phi) is 6.38. The van der Waals surface area contributed by atoms with Crippen LogP contribution in [0.5, 0.6) is 5.75 Å². The van der Waals surface area contributed by atoms with E-state index in [2.05, 4.69) is 26.0 Å². The Labute approximate surface area is 175 Å². The van der Waals surface area contributed by atoms with Crippen LogP contribution in [0.4, 0.5) is 5.69 Å². The van der Waals surface area contributed by atoms with Gasteiger partial charge < -0.3 is 4.74 Å². The Hall–Kier alpha value is -3.07. The van der Waals surface area contributed by atoms with Crippen molar-refractivity contribution in [1.82, 2.24) is 9.66 Å². The van der Waals surface area contributed by atoms with Gasteiger partial charge in [0.15, 0.2) is 5.75 Å². The molecule has 3 rings (SSSR count). The molecule has 150 valence electrons. The highest BCUT2D eigenvalue weighted by Crippen LogP contribution is 2.27. The van der Waals surface area contributed by atoms with Crippen LogP contribution in [0, 0.1) is 10.1 Å². The van der Waals surface area contributed by atoms with E-state index >= 15 is 0 Å². The van der Waals surface area contributed by atoms with Gasteiger partial charge in [0.05, 0.1) is 28.6 Å². The van der Waals surface area contributed by atoms with E-state index in [1.807, 2.05) is 13.0 Å². The summed E-state index contributed by atoms with van der Waals surface area (Å²) < 4.78 is 7.31. The number of aryl methyl sites for hydroxylation is 1. The Morgan fingerprint density at radius 3 is 2.76 bits per heavy atom. The standard InChI is InChI=1S/C20H19BrN4O4/c1-3-5-19-23-16-8-7-14(21)11-15(16)20(26)24(19)22-12-13-6-9-18(29-4-2)17(10-13)25(27)28/h6-12H,3-5H2,1-2H3. The molecule has 8 nitrogen and oxygen atoms in total. The minimum absolute atomic E-state index is 0.155. The molecule has 0 saturated heterocycles. The lowest BCUT2D eigenvalue weighted by Gasteiger charge is -2.09. The summed E-state index contributed by atoms with van der Waals surface area (Å²) in [5, 5.41) is 16.0. The number of hydrogen-bond donors (Lipinski definition) is 0. The number of aromatic nitrogens is 2. The van der Waals surface area contributed by atoms with E-state index < -0.39 is 4.92 Å². The van der Waals surface area contributed by atoms with Crippen molar-refractivity contribution >= 4 is 38.7 Å². The first-order valence-corrected chi connectivity index (χ1v) is 9.90. The molecule has 0 radical (unpaired) electrons.